The van der Waals surface area contributed by atoms with Crippen molar-refractivity contribution in [3.05, 3.63) is 131 Å². The van der Waals surface area contributed by atoms with Crippen LogP contribution >= 0.6 is 0 Å². The van der Waals surface area contributed by atoms with Crippen LogP contribution in [0.25, 0.3) is 67.2 Å². The predicted octanol–water partition coefficient (Wildman–Crippen LogP) is 8.88. The maximum Gasteiger partial charge on any atom is 0.485 e. The Kier molecular flexibility index (Phi) is 11.4. The molecule has 0 atom stereocenters. The molecule has 4 aromatic carbocycles. The number of hydrogen-bond acceptors (Lipinski definition) is 6. The van der Waals surface area contributed by atoms with Crippen LogP contribution in [0.3, 0.4) is 0 Å². The van der Waals surface area contributed by atoms with E-state index in [0.29, 0.717) is 0 Å². The van der Waals surface area contributed by atoms with Crippen molar-refractivity contribution >= 4 is 65.0 Å². The molecule has 3 aromatic heterocycles. The van der Waals surface area contributed by atoms with E-state index in [0.717, 1.165) is 32.5 Å². The first-order valence-corrected chi connectivity index (χ1v) is 21.8. The van der Waals surface area contributed by atoms with Crippen molar-refractivity contribution in [2.24, 2.45) is 0 Å². The number of hydrogen-bond donors (Lipinski definition) is 0. The molecule has 61 heavy (non-hydrogen) atoms. The highest BCUT2D eigenvalue weighted by atomic mass is 32.2. The molecule has 0 radical (unpaired) electrons. The Morgan fingerprint density at radius 2 is 1.15 bits per heavy atom. The van der Waals surface area contributed by atoms with Gasteiger partial charge in [0, 0.05) is 59.4 Å². The van der Waals surface area contributed by atoms with Crippen LogP contribution in [0.15, 0.2) is 97.3 Å². The van der Waals surface area contributed by atoms with Crippen molar-refractivity contribution in [3.63, 3.8) is 0 Å². The molecule has 0 aliphatic carbocycles. The van der Waals surface area contributed by atoms with E-state index in [1.807, 2.05) is 0 Å². The van der Waals surface area contributed by atoms with E-state index in [1.54, 1.807) is 0 Å². The molecule has 2 aliphatic heterocycles. The molecule has 2 aliphatic rings. The SMILES string of the molecule is CCn1c2ccccc2c2cc(/C=C/c3cc[n+]4c(c3)-c3c(c(C)c(C)c5c3-c3c6ccccc6cc[n+]3CC5)CC4)ccc21.O=S(=O)([O-])C(F)(F)F.O=S(=O)([O-])C(F)(F)F. The van der Waals surface area contributed by atoms with Crippen molar-refractivity contribution in [2.75, 3.05) is 0 Å². The summed E-state index contributed by atoms with van der Waals surface area (Å²) in [5.41, 5.74) is 5.38. The van der Waals surface area contributed by atoms with Crippen molar-refractivity contribution in [2.45, 2.75) is 64.3 Å². The number of benzene rings is 4. The zero-order chi connectivity index (χ0) is 44.2. The van der Waals surface area contributed by atoms with Gasteiger partial charge in [-0.2, -0.15) is 35.5 Å². The van der Waals surface area contributed by atoms with E-state index < -0.39 is 31.3 Å². The maximum absolute atomic E-state index is 10.7. The van der Waals surface area contributed by atoms with E-state index >= 15 is 0 Å². The summed E-state index contributed by atoms with van der Waals surface area (Å²) in [6.07, 6.45) is 11.3. The highest BCUT2D eigenvalue weighted by Crippen LogP contribution is 2.45. The van der Waals surface area contributed by atoms with Crippen LogP contribution in [-0.2, 0) is 52.7 Å². The minimum atomic E-state index is -6.09. The van der Waals surface area contributed by atoms with Gasteiger partial charge in [0.05, 0.1) is 16.5 Å². The number of halogens is 6. The molecular formula is C44H37F6N3O6S2. The lowest BCUT2D eigenvalue weighted by Gasteiger charge is -2.27. The van der Waals surface area contributed by atoms with E-state index in [9.17, 15) is 26.3 Å². The molecule has 9 nitrogen and oxygen atoms in total. The van der Waals surface area contributed by atoms with Crippen LogP contribution in [0.1, 0.15) is 40.3 Å². The minimum Gasteiger partial charge on any atom is -0.741 e. The summed E-state index contributed by atoms with van der Waals surface area (Å²) in [6.45, 7) is 9.94. The fraction of sp³-hybridized carbons (Fsp3) is 0.227. The van der Waals surface area contributed by atoms with Gasteiger partial charge in [-0.3, -0.25) is 0 Å². The van der Waals surface area contributed by atoms with Gasteiger partial charge in [0.1, 0.15) is 0 Å². The van der Waals surface area contributed by atoms with Crippen molar-refractivity contribution in [1.82, 2.24) is 4.57 Å². The summed E-state index contributed by atoms with van der Waals surface area (Å²) in [4.78, 5) is 0. The smallest absolute Gasteiger partial charge is 0.485 e. The van der Waals surface area contributed by atoms with Gasteiger partial charge in [0.25, 0.3) is 0 Å². The van der Waals surface area contributed by atoms with Crippen molar-refractivity contribution in [1.29, 1.82) is 0 Å². The highest BCUT2D eigenvalue weighted by molar-refractivity contribution is 7.86. The molecule has 17 heteroatoms. The van der Waals surface area contributed by atoms with E-state index in [1.165, 1.54) is 88.5 Å². The summed E-state index contributed by atoms with van der Waals surface area (Å²) in [5, 5.41) is 5.31. The molecule has 0 saturated carbocycles. The van der Waals surface area contributed by atoms with Crippen molar-refractivity contribution in [3.8, 4) is 22.5 Å². The third-order valence-corrected chi connectivity index (χ3v) is 12.3. The molecule has 7 aromatic rings. The van der Waals surface area contributed by atoms with Crippen LogP contribution in [0.4, 0.5) is 26.3 Å². The van der Waals surface area contributed by atoms with Gasteiger partial charge >= 0.3 is 11.0 Å². The molecular weight excluding hydrogens is 845 g/mol. The Bertz CT molecular complexity index is 3100. The summed E-state index contributed by atoms with van der Waals surface area (Å²) < 4.78 is 125. The molecule has 318 valence electrons. The Balaban J connectivity index is 0.000000300. The maximum atomic E-state index is 10.7. The van der Waals surface area contributed by atoms with Gasteiger partial charge in [0.2, 0.25) is 11.4 Å². The third kappa shape index (κ3) is 8.26. The van der Waals surface area contributed by atoms with Crippen LogP contribution in [0.2, 0.25) is 0 Å². The monoisotopic (exact) mass is 881 g/mol. The average molecular weight is 882 g/mol. The first-order valence-electron chi connectivity index (χ1n) is 18.9. The Morgan fingerprint density at radius 1 is 0.639 bits per heavy atom. The number of pyridine rings is 2. The van der Waals surface area contributed by atoms with Gasteiger partial charge < -0.3 is 13.7 Å². The van der Waals surface area contributed by atoms with Gasteiger partial charge in [-0.25, -0.2) is 16.8 Å². The molecule has 0 N–H and O–H groups in total. The normalized spacial score (nSPS) is 13.8. The molecule has 9 rings (SSSR count). The van der Waals surface area contributed by atoms with E-state index in [-0.39, 0.29) is 0 Å². The van der Waals surface area contributed by atoms with Gasteiger partial charge in [-0.15, -0.1) is 0 Å². The molecule has 0 saturated heterocycles. The molecule has 0 spiro atoms. The largest absolute Gasteiger partial charge is 0.741 e. The predicted molar refractivity (Wildman–Crippen MR) is 218 cm³/mol. The Morgan fingerprint density at radius 3 is 1.75 bits per heavy atom. The molecule has 0 unspecified atom stereocenters. The van der Waals surface area contributed by atoms with Gasteiger partial charge in [0.15, 0.2) is 45.7 Å². The number of aryl methyl sites for hydroxylation is 3. The average Bonchev–Trinajstić information content (AvgIpc) is 3.53. The van der Waals surface area contributed by atoms with Gasteiger partial charge in [-0.1, -0.05) is 54.6 Å². The third-order valence-electron chi connectivity index (χ3n) is 11.2. The zero-order valence-electron chi connectivity index (χ0n) is 32.8. The Labute approximate surface area is 347 Å². The molecule has 5 heterocycles. The molecule has 0 amide bonds. The number of nitrogens with zero attached hydrogens (tertiary/aromatic N) is 3. The number of aromatic nitrogens is 3. The Hall–Kier alpha value is -5.62. The highest BCUT2D eigenvalue weighted by Gasteiger charge is 2.39. The minimum absolute atomic E-state index is 0.967. The lowest BCUT2D eigenvalue weighted by atomic mass is 9.79. The standard InChI is InChI=1S/C42H37N3.2CHF3O3S/c1-4-45-37-12-8-7-11-35(37)36-25-29(15-16-38(36)45)13-14-30-17-21-43-23-19-32-27(2)28(3)33-20-24-44-22-18-31-9-5-6-10-34(31)42(44)41(33)40(32)39(43)26-30;2*2-1(3,4)8(5,6)7/h5-18,21-22,25-26H,4,19-20,23-24H2,1-3H3;2*(H,5,6,7)/q+2;;/p-2. The fourth-order valence-electron chi connectivity index (χ4n) is 8.25. The first-order chi connectivity index (χ1) is 28.6. The number of fused-ring (bicyclic) bond motifs is 12. The van der Waals surface area contributed by atoms with Gasteiger partial charge in [-0.05, 0) is 83.8 Å². The number of para-hydroxylation sites is 1. The summed E-state index contributed by atoms with van der Waals surface area (Å²) in [6, 6.07) is 31.5. The van der Waals surface area contributed by atoms with Crippen molar-refractivity contribution < 1.29 is 61.4 Å². The topological polar surface area (TPSA) is 127 Å². The number of alkyl halides is 6. The van der Waals surface area contributed by atoms with Crippen LogP contribution in [0, 0.1) is 13.8 Å². The first kappa shape index (κ1) is 43.5. The molecule has 0 bridgehead atoms. The lowest BCUT2D eigenvalue weighted by molar-refractivity contribution is -0.689. The zero-order valence-corrected chi connectivity index (χ0v) is 34.4. The second-order valence-corrected chi connectivity index (χ2v) is 17.4. The number of rotatable bonds is 3. The van der Waals surface area contributed by atoms with E-state index in [4.69, 9.17) is 25.9 Å². The fourth-order valence-corrected chi connectivity index (χ4v) is 8.25. The summed E-state index contributed by atoms with van der Waals surface area (Å²) in [7, 11) is -12.2. The van der Waals surface area contributed by atoms with E-state index in [2.05, 4.69) is 144 Å². The van der Waals surface area contributed by atoms with Crippen LogP contribution in [-0.4, -0.2) is 41.5 Å². The summed E-state index contributed by atoms with van der Waals surface area (Å²) >= 11 is 0. The molecule has 0 fully saturated rings. The lowest BCUT2D eigenvalue weighted by Crippen LogP contribution is -2.43. The second kappa shape index (κ2) is 16.0. The second-order valence-electron chi connectivity index (χ2n) is 14.6. The summed E-state index contributed by atoms with van der Waals surface area (Å²) in [5.74, 6) is 0. The van der Waals surface area contributed by atoms with Crippen LogP contribution in [0.5, 0.6) is 0 Å². The van der Waals surface area contributed by atoms with Crippen LogP contribution < -0.4 is 9.13 Å². The quantitative estimate of drug-likeness (QED) is 0.0756.